The summed E-state index contributed by atoms with van der Waals surface area (Å²) in [6.07, 6.45) is 0. The number of carboxylic acids is 1. The van der Waals surface area contributed by atoms with Gasteiger partial charge in [0, 0.05) is 11.3 Å². The van der Waals surface area contributed by atoms with Gasteiger partial charge in [0.2, 0.25) is 0 Å². The summed E-state index contributed by atoms with van der Waals surface area (Å²) in [4.78, 5) is 11.3. The number of benzene rings is 2. The van der Waals surface area contributed by atoms with Gasteiger partial charge in [-0.2, -0.15) is 0 Å². The second-order valence-electron chi connectivity index (χ2n) is 4.45. The maximum Gasteiger partial charge on any atom is 0.330 e. The van der Waals surface area contributed by atoms with Crippen LogP contribution in [-0.2, 0) is 4.79 Å². The fourth-order valence-electron chi connectivity index (χ4n) is 1.87. The van der Waals surface area contributed by atoms with Crippen molar-refractivity contribution in [3.05, 3.63) is 65.2 Å². The molecule has 0 spiro atoms. The number of aliphatic carboxylic acids is 1. The summed E-state index contributed by atoms with van der Waals surface area (Å²) in [6, 6.07) is 8.24. The zero-order valence-corrected chi connectivity index (χ0v) is 10.7. The summed E-state index contributed by atoms with van der Waals surface area (Å²) in [6.45, 7) is 1.75. The average molecular weight is 277 g/mol. The van der Waals surface area contributed by atoms with Crippen LogP contribution in [0.3, 0.4) is 0 Å². The summed E-state index contributed by atoms with van der Waals surface area (Å²) in [5, 5.41) is 11.9. The molecule has 0 bridgehead atoms. The molecular weight excluding hydrogens is 264 g/mol. The molecule has 3 nitrogen and oxygen atoms in total. The predicted octanol–water partition coefficient (Wildman–Crippen LogP) is 3.51. The van der Waals surface area contributed by atoms with Crippen molar-refractivity contribution in [2.75, 3.05) is 5.32 Å². The Morgan fingerprint density at radius 3 is 2.40 bits per heavy atom. The van der Waals surface area contributed by atoms with Crippen molar-refractivity contribution in [1.29, 1.82) is 0 Å². The molecule has 1 unspecified atom stereocenters. The Kier molecular flexibility index (Phi) is 3.98. The van der Waals surface area contributed by atoms with Crippen molar-refractivity contribution >= 4 is 11.7 Å². The van der Waals surface area contributed by atoms with Crippen molar-refractivity contribution in [3.8, 4) is 0 Å². The van der Waals surface area contributed by atoms with Gasteiger partial charge in [-0.15, -0.1) is 0 Å². The molecule has 1 atom stereocenters. The number of rotatable bonds is 4. The monoisotopic (exact) mass is 277 g/mol. The maximum absolute atomic E-state index is 13.8. The maximum atomic E-state index is 13.8. The van der Waals surface area contributed by atoms with Crippen LogP contribution in [0, 0.1) is 18.6 Å². The molecule has 0 fully saturated rings. The van der Waals surface area contributed by atoms with Gasteiger partial charge in [-0.25, -0.2) is 13.6 Å². The molecule has 0 saturated carbocycles. The fraction of sp³-hybridized carbons (Fsp3) is 0.133. The molecule has 0 amide bonds. The van der Waals surface area contributed by atoms with Gasteiger partial charge >= 0.3 is 5.97 Å². The van der Waals surface area contributed by atoms with Crippen molar-refractivity contribution < 1.29 is 18.7 Å². The van der Waals surface area contributed by atoms with Crippen molar-refractivity contribution in [2.24, 2.45) is 0 Å². The molecule has 0 saturated heterocycles. The number of hydrogen-bond acceptors (Lipinski definition) is 2. The Morgan fingerprint density at radius 2 is 1.80 bits per heavy atom. The van der Waals surface area contributed by atoms with E-state index in [9.17, 15) is 18.7 Å². The van der Waals surface area contributed by atoms with E-state index in [1.54, 1.807) is 13.0 Å². The normalized spacial score (nSPS) is 11.9. The highest BCUT2D eigenvalue weighted by molar-refractivity contribution is 5.79. The minimum Gasteiger partial charge on any atom is -0.479 e. The van der Waals surface area contributed by atoms with E-state index in [0.717, 1.165) is 5.56 Å². The van der Waals surface area contributed by atoms with Gasteiger partial charge in [0.1, 0.15) is 11.6 Å². The van der Waals surface area contributed by atoms with Gasteiger partial charge in [-0.1, -0.05) is 17.7 Å². The number of hydrogen-bond donors (Lipinski definition) is 2. The van der Waals surface area contributed by atoms with Crippen molar-refractivity contribution in [3.63, 3.8) is 0 Å². The lowest BCUT2D eigenvalue weighted by Crippen LogP contribution is -2.21. The Hall–Kier alpha value is -2.43. The van der Waals surface area contributed by atoms with Gasteiger partial charge in [0.05, 0.1) is 0 Å². The van der Waals surface area contributed by atoms with Crippen molar-refractivity contribution in [1.82, 2.24) is 0 Å². The first-order valence-corrected chi connectivity index (χ1v) is 5.98. The molecule has 0 heterocycles. The quantitative estimate of drug-likeness (QED) is 0.899. The third kappa shape index (κ3) is 3.12. The van der Waals surface area contributed by atoms with E-state index in [1.807, 2.05) is 0 Å². The van der Waals surface area contributed by atoms with Gasteiger partial charge in [0.15, 0.2) is 6.04 Å². The van der Waals surface area contributed by atoms with E-state index in [1.165, 1.54) is 36.4 Å². The molecule has 0 aromatic heterocycles. The summed E-state index contributed by atoms with van der Waals surface area (Å²) in [7, 11) is 0. The average Bonchev–Trinajstić information content (AvgIpc) is 2.41. The van der Waals surface area contributed by atoms with E-state index in [4.69, 9.17) is 0 Å². The van der Waals surface area contributed by atoms with Gasteiger partial charge in [-0.3, -0.25) is 0 Å². The predicted molar refractivity (Wildman–Crippen MR) is 71.5 cm³/mol. The van der Waals surface area contributed by atoms with E-state index in [-0.39, 0.29) is 5.56 Å². The minimum atomic E-state index is -1.24. The Morgan fingerprint density at radius 1 is 1.15 bits per heavy atom. The standard InChI is InChI=1S/C15H13F2NO2/c1-9-2-7-13(17)12(8-9)14(15(19)20)18-11-5-3-10(16)4-6-11/h2-8,14,18H,1H3,(H,19,20). The highest BCUT2D eigenvalue weighted by Crippen LogP contribution is 2.23. The van der Waals surface area contributed by atoms with Crippen LogP contribution < -0.4 is 5.32 Å². The lowest BCUT2D eigenvalue weighted by molar-refractivity contribution is -0.138. The van der Waals surface area contributed by atoms with E-state index in [0.29, 0.717) is 5.69 Å². The van der Waals surface area contributed by atoms with Crippen LogP contribution in [-0.4, -0.2) is 11.1 Å². The number of anilines is 1. The van der Waals surface area contributed by atoms with Gasteiger partial charge in [-0.05, 0) is 37.3 Å². The zero-order chi connectivity index (χ0) is 14.7. The highest BCUT2D eigenvalue weighted by atomic mass is 19.1. The summed E-state index contributed by atoms with van der Waals surface area (Å²) < 4.78 is 26.6. The fourth-order valence-corrected chi connectivity index (χ4v) is 1.87. The summed E-state index contributed by atoms with van der Waals surface area (Å²) >= 11 is 0. The van der Waals surface area contributed by atoms with Crippen LogP contribution in [0.25, 0.3) is 0 Å². The second kappa shape index (κ2) is 5.69. The molecule has 5 heteroatoms. The summed E-state index contributed by atoms with van der Waals surface area (Å²) in [5.41, 5.74) is 1.20. The van der Waals surface area contributed by atoms with Crippen LogP contribution in [0.5, 0.6) is 0 Å². The first kappa shape index (κ1) is 14.0. The lowest BCUT2D eigenvalue weighted by Gasteiger charge is -2.17. The Labute approximate surface area is 114 Å². The number of aryl methyl sites for hydroxylation is 1. The Bertz CT molecular complexity index is 626. The molecule has 2 aromatic rings. The lowest BCUT2D eigenvalue weighted by atomic mass is 10.0. The summed E-state index contributed by atoms with van der Waals surface area (Å²) in [5.74, 6) is -2.24. The van der Waals surface area contributed by atoms with E-state index >= 15 is 0 Å². The molecule has 2 aromatic carbocycles. The Balaban J connectivity index is 2.34. The molecular formula is C15H13F2NO2. The number of nitrogens with one attached hydrogen (secondary N) is 1. The second-order valence-corrected chi connectivity index (χ2v) is 4.45. The molecule has 2 N–H and O–H groups in total. The first-order valence-electron chi connectivity index (χ1n) is 5.98. The van der Waals surface area contributed by atoms with Crippen LogP contribution in [0.15, 0.2) is 42.5 Å². The molecule has 0 aliphatic heterocycles. The molecule has 0 aliphatic carbocycles. The number of carbonyl (C=O) groups is 1. The van der Waals surface area contributed by atoms with E-state index < -0.39 is 23.6 Å². The first-order chi connectivity index (χ1) is 9.47. The molecule has 0 radical (unpaired) electrons. The third-order valence-corrected chi connectivity index (χ3v) is 2.86. The van der Waals surface area contributed by atoms with Crippen LogP contribution in [0.1, 0.15) is 17.2 Å². The zero-order valence-electron chi connectivity index (χ0n) is 10.7. The van der Waals surface area contributed by atoms with Crippen LogP contribution in [0.2, 0.25) is 0 Å². The number of halogens is 2. The van der Waals surface area contributed by atoms with Crippen LogP contribution >= 0.6 is 0 Å². The highest BCUT2D eigenvalue weighted by Gasteiger charge is 2.23. The molecule has 0 aliphatic rings. The SMILES string of the molecule is Cc1ccc(F)c(C(Nc2ccc(F)cc2)C(=O)O)c1. The smallest absolute Gasteiger partial charge is 0.330 e. The van der Waals surface area contributed by atoms with Crippen molar-refractivity contribution in [2.45, 2.75) is 13.0 Å². The van der Waals surface area contributed by atoms with Crippen LogP contribution in [0.4, 0.5) is 14.5 Å². The van der Waals surface area contributed by atoms with Gasteiger partial charge in [0.25, 0.3) is 0 Å². The molecule has 20 heavy (non-hydrogen) atoms. The third-order valence-electron chi connectivity index (χ3n) is 2.86. The number of carboxylic acid groups (broad SMARTS) is 1. The van der Waals surface area contributed by atoms with Gasteiger partial charge < -0.3 is 10.4 Å². The molecule has 2 rings (SSSR count). The largest absolute Gasteiger partial charge is 0.479 e. The van der Waals surface area contributed by atoms with E-state index in [2.05, 4.69) is 5.32 Å². The topological polar surface area (TPSA) is 49.3 Å². The molecule has 104 valence electrons. The minimum absolute atomic E-state index is 0.0434.